The summed E-state index contributed by atoms with van der Waals surface area (Å²) in [5, 5.41) is 12.0. The third kappa shape index (κ3) is 2.80. The van der Waals surface area contributed by atoms with Crippen LogP contribution in [0.25, 0.3) is 0 Å². The molecule has 5 rings (SSSR count). The smallest absolute Gasteiger partial charge is 0.426 e. The molecule has 0 amide bonds. The number of carbonyl (C=O) groups is 2. The van der Waals surface area contributed by atoms with Crippen LogP contribution in [0.2, 0.25) is 19.6 Å². The summed E-state index contributed by atoms with van der Waals surface area (Å²) in [6.07, 6.45) is -1.14. The van der Waals surface area contributed by atoms with E-state index in [0.717, 1.165) is 11.1 Å². The fraction of sp³-hybridized carbons (Fsp3) is 0.846. The summed E-state index contributed by atoms with van der Waals surface area (Å²) in [7, 11) is -1.97. The van der Waals surface area contributed by atoms with Crippen LogP contribution >= 0.6 is 0 Å². The maximum Gasteiger partial charge on any atom is 0.509 e. The van der Waals surface area contributed by atoms with Gasteiger partial charge in [0.25, 0.3) is 0 Å². The van der Waals surface area contributed by atoms with Gasteiger partial charge in [-0.25, -0.2) is 4.79 Å². The van der Waals surface area contributed by atoms with E-state index < -0.39 is 54.4 Å². The number of hydrogen-bond donors (Lipinski definition) is 1. The van der Waals surface area contributed by atoms with Crippen LogP contribution in [-0.2, 0) is 23.4 Å². The third-order valence-corrected chi connectivity index (χ3v) is 11.1. The molecule has 7 nitrogen and oxygen atoms in total. The van der Waals surface area contributed by atoms with Gasteiger partial charge in [0.05, 0.1) is 18.8 Å². The molecule has 0 aromatic heterocycles. The van der Waals surface area contributed by atoms with Crippen LogP contribution < -0.4 is 0 Å². The lowest BCUT2D eigenvalue weighted by Gasteiger charge is -2.66. The Morgan fingerprint density at radius 1 is 1.12 bits per heavy atom. The Morgan fingerprint density at radius 2 is 1.76 bits per heavy atom. The van der Waals surface area contributed by atoms with E-state index in [1.165, 1.54) is 0 Å². The molecule has 190 valence electrons. The van der Waals surface area contributed by atoms with Crippen molar-refractivity contribution in [2.45, 2.75) is 104 Å². The van der Waals surface area contributed by atoms with Gasteiger partial charge in [0.2, 0.25) is 0 Å². The summed E-state index contributed by atoms with van der Waals surface area (Å²) >= 11 is 0. The van der Waals surface area contributed by atoms with Crippen molar-refractivity contribution in [2.24, 2.45) is 28.6 Å². The third-order valence-electron chi connectivity index (χ3n) is 10.1. The van der Waals surface area contributed by atoms with E-state index >= 15 is 0 Å². The standard InChI is InChI=1S/C26H40O7Si/c1-13-10-17-25(29,12-30-17)19-21-26(32-22(28)31-21)11-16(33-34(7,8)9)14(2)18(23(26,4)5)15(3)20(27)24(13,19)6/h13,15-17,19,21,29H,10-12H2,1-9H3/t13-,15+,16-,17+,19?,21?,24+,25-,26+/m0/s1. The molecule has 2 aliphatic heterocycles. The molecule has 0 aromatic carbocycles. The molecule has 3 aliphatic carbocycles. The molecule has 1 N–H and O–H groups in total. The zero-order valence-corrected chi connectivity index (χ0v) is 23.0. The van der Waals surface area contributed by atoms with Crippen LogP contribution in [0.15, 0.2) is 11.1 Å². The molecule has 2 heterocycles. The van der Waals surface area contributed by atoms with Crippen LogP contribution in [0.1, 0.15) is 54.4 Å². The van der Waals surface area contributed by atoms with E-state index in [9.17, 15) is 14.7 Å². The average molecular weight is 493 g/mol. The number of ketones is 1. The van der Waals surface area contributed by atoms with Crippen LogP contribution in [0.3, 0.4) is 0 Å². The molecule has 9 atom stereocenters. The van der Waals surface area contributed by atoms with Crippen LogP contribution in [0.5, 0.6) is 0 Å². The highest BCUT2D eigenvalue weighted by atomic mass is 28.4. The second kappa shape index (κ2) is 6.96. The Hall–Kier alpha value is -1.22. The Morgan fingerprint density at radius 3 is 2.32 bits per heavy atom. The van der Waals surface area contributed by atoms with Crippen molar-refractivity contribution in [3.8, 4) is 0 Å². The van der Waals surface area contributed by atoms with Gasteiger partial charge in [-0.1, -0.05) is 34.6 Å². The molecule has 4 fully saturated rings. The van der Waals surface area contributed by atoms with Gasteiger partial charge in [0.1, 0.15) is 11.4 Å². The Balaban J connectivity index is 1.80. The SMILES string of the molecule is CC1=C2[C@@H](C)C(=O)[C@@]3(C)C(C4OC(=O)O[C@@]4(C[C@@H]1O[Si](C)(C)C)C2(C)C)[C@]1(O)CO[C@@H]1C[C@@H]3C. The molecule has 0 radical (unpaired) electrons. The van der Waals surface area contributed by atoms with Gasteiger partial charge in [-0.2, -0.15) is 0 Å². The highest BCUT2D eigenvalue weighted by molar-refractivity contribution is 6.69. The summed E-state index contributed by atoms with van der Waals surface area (Å²) in [4.78, 5) is 27.4. The van der Waals surface area contributed by atoms with Crippen molar-refractivity contribution in [1.29, 1.82) is 0 Å². The van der Waals surface area contributed by atoms with E-state index in [1.807, 2.05) is 13.8 Å². The summed E-state index contributed by atoms with van der Waals surface area (Å²) in [6.45, 7) is 18.7. The van der Waals surface area contributed by atoms with Gasteiger partial charge < -0.3 is 23.7 Å². The van der Waals surface area contributed by atoms with Crippen LogP contribution in [0.4, 0.5) is 4.79 Å². The second-order valence-corrected chi connectivity index (χ2v) is 17.7. The van der Waals surface area contributed by atoms with Crippen molar-refractivity contribution >= 4 is 20.3 Å². The molecule has 2 unspecified atom stereocenters. The summed E-state index contributed by atoms with van der Waals surface area (Å²) in [5.41, 5.74) is -1.83. The number of hydrogen-bond acceptors (Lipinski definition) is 7. The fourth-order valence-corrected chi connectivity index (χ4v) is 9.44. The predicted octanol–water partition coefficient (Wildman–Crippen LogP) is 4.24. The fourth-order valence-electron chi connectivity index (χ4n) is 8.32. The van der Waals surface area contributed by atoms with E-state index in [0.29, 0.717) is 12.8 Å². The van der Waals surface area contributed by atoms with Gasteiger partial charge in [-0.05, 0) is 50.0 Å². The minimum atomic E-state index is -1.97. The Bertz CT molecular complexity index is 982. The first-order valence-corrected chi connectivity index (χ1v) is 16.1. The number of ether oxygens (including phenoxy) is 3. The number of aliphatic hydroxyl groups is 1. The van der Waals surface area contributed by atoms with Crippen molar-refractivity contribution in [1.82, 2.24) is 0 Å². The van der Waals surface area contributed by atoms with Gasteiger partial charge >= 0.3 is 6.16 Å². The molecular formula is C26H40O7Si. The number of carbonyl (C=O) groups excluding carboxylic acids is 2. The van der Waals surface area contributed by atoms with Gasteiger partial charge in [0, 0.05) is 29.1 Å². The average Bonchev–Trinajstić information content (AvgIpc) is 3.02. The molecule has 34 heavy (non-hydrogen) atoms. The quantitative estimate of drug-likeness (QED) is 0.350. The molecule has 2 saturated carbocycles. The van der Waals surface area contributed by atoms with Crippen molar-refractivity contribution in [3.05, 3.63) is 11.1 Å². The van der Waals surface area contributed by atoms with Crippen molar-refractivity contribution in [2.75, 3.05) is 6.61 Å². The molecule has 2 bridgehead atoms. The Kier molecular flexibility index (Phi) is 5.01. The van der Waals surface area contributed by atoms with Crippen LogP contribution in [0, 0.1) is 28.6 Å². The van der Waals surface area contributed by atoms with Gasteiger partial charge in [0.15, 0.2) is 20.0 Å². The summed E-state index contributed by atoms with van der Waals surface area (Å²) < 4.78 is 24.7. The van der Waals surface area contributed by atoms with Gasteiger partial charge in [-0.15, -0.1) is 0 Å². The summed E-state index contributed by atoms with van der Waals surface area (Å²) in [6, 6.07) is 0. The lowest BCUT2D eigenvalue weighted by Crippen LogP contribution is -2.78. The highest BCUT2D eigenvalue weighted by Crippen LogP contribution is 2.67. The maximum atomic E-state index is 14.5. The first-order valence-electron chi connectivity index (χ1n) is 12.7. The minimum absolute atomic E-state index is 0.0498. The van der Waals surface area contributed by atoms with E-state index in [-0.39, 0.29) is 30.5 Å². The predicted molar refractivity (Wildman–Crippen MR) is 128 cm³/mol. The Labute approximate surface area is 203 Å². The first-order chi connectivity index (χ1) is 15.5. The highest BCUT2D eigenvalue weighted by Gasteiger charge is 2.78. The topological polar surface area (TPSA) is 91.3 Å². The first kappa shape index (κ1) is 24.5. The summed E-state index contributed by atoms with van der Waals surface area (Å²) in [5.74, 6) is -0.991. The minimum Gasteiger partial charge on any atom is -0.426 e. The van der Waals surface area contributed by atoms with E-state index in [4.69, 9.17) is 18.6 Å². The second-order valence-electron chi connectivity index (χ2n) is 13.2. The zero-order valence-electron chi connectivity index (χ0n) is 22.0. The lowest BCUT2D eigenvalue weighted by molar-refractivity contribution is -0.327. The van der Waals surface area contributed by atoms with Crippen LogP contribution in [-0.4, -0.2) is 61.5 Å². The molecule has 5 aliphatic rings. The van der Waals surface area contributed by atoms with Crippen molar-refractivity contribution < 1.29 is 33.3 Å². The molecule has 1 spiro atoms. The number of fused-ring (bicyclic) bond motifs is 5. The molecular weight excluding hydrogens is 452 g/mol. The zero-order chi connectivity index (χ0) is 25.2. The largest absolute Gasteiger partial charge is 0.509 e. The normalized spacial score (nSPS) is 49.6. The molecule has 2 saturated heterocycles. The maximum absolute atomic E-state index is 14.5. The van der Waals surface area contributed by atoms with Gasteiger partial charge in [-0.3, -0.25) is 4.79 Å². The number of rotatable bonds is 2. The lowest BCUT2D eigenvalue weighted by atomic mass is 9.42. The number of Topliss-reactive ketones (excluding diaryl/α,β-unsaturated/α-hetero) is 1. The van der Waals surface area contributed by atoms with E-state index in [2.05, 4.69) is 47.3 Å². The van der Waals surface area contributed by atoms with Crippen molar-refractivity contribution in [3.63, 3.8) is 0 Å². The molecule has 8 heteroatoms. The van der Waals surface area contributed by atoms with E-state index in [1.54, 1.807) is 0 Å². The molecule has 0 aromatic rings. The monoisotopic (exact) mass is 492 g/mol.